The molecule has 1 amide bonds. The van der Waals surface area contributed by atoms with Crippen LogP contribution in [0.3, 0.4) is 0 Å². The van der Waals surface area contributed by atoms with Gasteiger partial charge >= 0.3 is 0 Å². The van der Waals surface area contributed by atoms with E-state index in [1.54, 1.807) is 11.5 Å². The van der Waals surface area contributed by atoms with Crippen LogP contribution in [0, 0.1) is 0 Å². The third kappa shape index (κ3) is 5.36. The maximum absolute atomic E-state index is 13.5. The second-order valence-electron chi connectivity index (χ2n) is 9.42. The van der Waals surface area contributed by atoms with E-state index >= 15 is 0 Å². The molecule has 7 heteroatoms. The second kappa shape index (κ2) is 11.2. The van der Waals surface area contributed by atoms with E-state index in [0.717, 1.165) is 48.6 Å². The molecule has 34 heavy (non-hydrogen) atoms. The number of fused-ring (bicyclic) bond motifs is 1. The van der Waals surface area contributed by atoms with E-state index in [0.29, 0.717) is 25.2 Å². The molecule has 0 bridgehead atoms. The highest BCUT2D eigenvalue weighted by Gasteiger charge is 2.33. The van der Waals surface area contributed by atoms with E-state index in [-0.39, 0.29) is 30.4 Å². The number of hydrogen-bond donors (Lipinski definition) is 1. The first-order chi connectivity index (χ1) is 16.5. The third-order valence-corrected chi connectivity index (χ3v) is 7.05. The molecule has 1 aliphatic carbocycles. The van der Waals surface area contributed by atoms with E-state index in [2.05, 4.69) is 0 Å². The molecule has 1 aromatic carbocycles. The minimum Gasteiger partial charge on any atom is -0.459 e. The smallest absolute Gasteiger partial charge is 0.288 e. The summed E-state index contributed by atoms with van der Waals surface area (Å²) in [6.45, 7) is 2.13. The summed E-state index contributed by atoms with van der Waals surface area (Å²) in [5.74, 6) is 0.0245. The minimum atomic E-state index is -0.563. The number of rotatable bonds is 8. The standard InChI is InChI=1S/C27H36N2O5/c1-19(31)29-18-23(22-12-6-7-13-24(22)29)20-16-25(34-26(17-20)33-15-9-8-14-30)27(32)28(2)21-10-4-3-5-11-21/h6-7,12-13,16,18,20-21,26,30H,3-5,8-11,14-15,17H2,1-2H3/t20-,26+/m0/s1. The van der Waals surface area contributed by atoms with Crippen molar-refractivity contribution in [1.82, 2.24) is 9.47 Å². The molecule has 2 aliphatic rings. The molecule has 1 fully saturated rings. The van der Waals surface area contributed by atoms with Crippen molar-refractivity contribution in [3.8, 4) is 0 Å². The first kappa shape index (κ1) is 24.5. The molecule has 0 spiro atoms. The Morgan fingerprint density at radius 2 is 1.94 bits per heavy atom. The SMILES string of the molecule is CC(=O)n1cc([C@H]2C=C(C(=O)N(C)C3CCCCC3)O[C@@H](OCCCCO)C2)c2ccccc21. The fourth-order valence-electron chi connectivity index (χ4n) is 5.13. The number of aromatic nitrogens is 1. The normalized spacial score (nSPS) is 21.2. The molecular formula is C27H36N2O5. The maximum Gasteiger partial charge on any atom is 0.288 e. The topological polar surface area (TPSA) is 81.0 Å². The number of amides is 1. The summed E-state index contributed by atoms with van der Waals surface area (Å²) in [7, 11) is 1.87. The summed E-state index contributed by atoms with van der Waals surface area (Å²) in [6, 6.07) is 8.07. The number of carbonyl (C=O) groups excluding carboxylic acids is 2. The van der Waals surface area contributed by atoms with Crippen molar-refractivity contribution in [2.45, 2.75) is 76.5 Å². The third-order valence-electron chi connectivity index (χ3n) is 7.05. The molecule has 1 saturated carbocycles. The largest absolute Gasteiger partial charge is 0.459 e. The first-order valence-electron chi connectivity index (χ1n) is 12.5. The van der Waals surface area contributed by atoms with Crippen LogP contribution in [-0.4, -0.2) is 59.0 Å². The zero-order valence-electron chi connectivity index (χ0n) is 20.2. The van der Waals surface area contributed by atoms with Crippen LogP contribution in [0.2, 0.25) is 0 Å². The van der Waals surface area contributed by atoms with Gasteiger partial charge < -0.3 is 19.5 Å². The number of allylic oxidation sites excluding steroid dienone is 1. The number of benzene rings is 1. The van der Waals surface area contributed by atoms with Gasteiger partial charge in [0.05, 0.1) is 12.1 Å². The van der Waals surface area contributed by atoms with Gasteiger partial charge in [-0.05, 0) is 43.4 Å². The molecule has 2 aromatic rings. The summed E-state index contributed by atoms with van der Waals surface area (Å²) < 4.78 is 13.7. The molecule has 7 nitrogen and oxygen atoms in total. The van der Waals surface area contributed by atoms with Crippen LogP contribution in [-0.2, 0) is 14.3 Å². The number of aliphatic hydroxyl groups is 1. The average Bonchev–Trinajstić information content (AvgIpc) is 3.26. The molecular weight excluding hydrogens is 432 g/mol. The van der Waals surface area contributed by atoms with E-state index in [1.807, 2.05) is 48.5 Å². The van der Waals surface area contributed by atoms with Crippen LogP contribution < -0.4 is 0 Å². The number of para-hydroxylation sites is 1. The van der Waals surface area contributed by atoms with Crippen molar-refractivity contribution in [3.63, 3.8) is 0 Å². The number of nitrogens with zero attached hydrogens (tertiary/aromatic N) is 2. The Kier molecular flexibility index (Phi) is 8.06. The Labute approximate surface area is 201 Å². The molecule has 4 rings (SSSR count). The molecule has 2 heterocycles. The Hall–Kier alpha value is -2.64. The number of unbranched alkanes of at least 4 members (excludes halogenated alkanes) is 1. The van der Waals surface area contributed by atoms with Gasteiger partial charge in [-0.1, -0.05) is 37.5 Å². The summed E-state index contributed by atoms with van der Waals surface area (Å²) in [4.78, 5) is 27.6. The van der Waals surface area contributed by atoms with Gasteiger partial charge in [0.15, 0.2) is 5.76 Å². The lowest BCUT2D eigenvalue weighted by atomic mass is 9.91. The predicted octanol–water partition coefficient (Wildman–Crippen LogP) is 4.60. The van der Waals surface area contributed by atoms with E-state index in [4.69, 9.17) is 14.6 Å². The van der Waals surface area contributed by atoms with Gasteiger partial charge in [-0.2, -0.15) is 0 Å². The molecule has 1 N–H and O–H groups in total. The molecule has 184 valence electrons. The molecule has 1 aliphatic heterocycles. The van der Waals surface area contributed by atoms with Crippen LogP contribution >= 0.6 is 0 Å². The number of likely N-dealkylation sites (N-methyl/N-ethyl adjacent to an activating group) is 1. The average molecular weight is 469 g/mol. The van der Waals surface area contributed by atoms with E-state index < -0.39 is 6.29 Å². The quantitative estimate of drug-likeness (QED) is 0.573. The first-order valence-corrected chi connectivity index (χ1v) is 12.5. The van der Waals surface area contributed by atoms with Crippen molar-refractivity contribution in [1.29, 1.82) is 0 Å². The fraction of sp³-hybridized carbons (Fsp3) is 0.556. The van der Waals surface area contributed by atoms with Gasteiger partial charge in [0.2, 0.25) is 12.2 Å². The summed E-state index contributed by atoms with van der Waals surface area (Å²) in [5, 5.41) is 10.1. The van der Waals surface area contributed by atoms with Crippen molar-refractivity contribution < 1.29 is 24.2 Å². The highest BCUT2D eigenvalue weighted by molar-refractivity contribution is 5.95. The molecule has 2 atom stereocenters. The number of ether oxygens (including phenoxy) is 2. The fourth-order valence-corrected chi connectivity index (χ4v) is 5.13. The van der Waals surface area contributed by atoms with Crippen molar-refractivity contribution in [2.24, 2.45) is 0 Å². The van der Waals surface area contributed by atoms with E-state index in [9.17, 15) is 9.59 Å². The second-order valence-corrected chi connectivity index (χ2v) is 9.42. The summed E-state index contributed by atoms with van der Waals surface area (Å²) in [5.41, 5.74) is 1.85. The summed E-state index contributed by atoms with van der Waals surface area (Å²) in [6.07, 6.45) is 10.7. The number of carbonyl (C=O) groups is 2. The monoisotopic (exact) mass is 468 g/mol. The van der Waals surface area contributed by atoms with Crippen LogP contribution in [0.15, 0.2) is 42.3 Å². The lowest BCUT2D eigenvalue weighted by Gasteiger charge is -2.34. The van der Waals surface area contributed by atoms with Gasteiger partial charge in [0, 0.05) is 50.5 Å². The van der Waals surface area contributed by atoms with Crippen molar-refractivity contribution >= 4 is 22.7 Å². The van der Waals surface area contributed by atoms with E-state index in [1.165, 1.54) is 6.42 Å². The number of hydrogen-bond acceptors (Lipinski definition) is 5. The lowest BCUT2D eigenvalue weighted by Crippen LogP contribution is -2.41. The maximum atomic E-state index is 13.5. The zero-order valence-corrected chi connectivity index (χ0v) is 20.2. The Bertz CT molecular complexity index is 1040. The van der Waals surface area contributed by atoms with Gasteiger partial charge in [-0.15, -0.1) is 0 Å². The minimum absolute atomic E-state index is 0.0522. The van der Waals surface area contributed by atoms with Gasteiger partial charge in [-0.3, -0.25) is 14.2 Å². The van der Waals surface area contributed by atoms with Crippen molar-refractivity contribution in [3.05, 3.63) is 47.9 Å². The van der Waals surface area contributed by atoms with Gasteiger partial charge in [0.1, 0.15) is 0 Å². The van der Waals surface area contributed by atoms with Gasteiger partial charge in [-0.25, -0.2) is 0 Å². The molecule has 0 radical (unpaired) electrons. The van der Waals surface area contributed by atoms with Crippen LogP contribution in [0.4, 0.5) is 0 Å². The summed E-state index contributed by atoms with van der Waals surface area (Å²) >= 11 is 0. The molecule has 0 saturated heterocycles. The highest BCUT2D eigenvalue weighted by atomic mass is 16.7. The van der Waals surface area contributed by atoms with Crippen molar-refractivity contribution in [2.75, 3.05) is 20.3 Å². The molecule has 0 unspecified atom stereocenters. The highest BCUT2D eigenvalue weighted by Crippen LogP contribution is 2.37. The van der Waals surface area contributed by atoms with Crippen LogP contribution in [0.25, 0.3) is 10.9 Å². The van der Waals surface area contributed by atoms with Gasteiger partial charge in [0.25, 0.3) is 5.91 Å². The van der Waals surface area contributed by atoms with Crippen LogP contribution in [0.5, 0.6) is 0 Å². The van der Waals surface area contributed by atoms with Crippen LogP contribution in [0.1, 0.15) is 74.6 Å². The molecule has 1 aromatic heterocycles. The zero-order chi connectivity index (χ0) is 24.1. The lowest BCUT2D eigenvalue weighted by molar-refractivity contribution is -0.153. The number of aliphatic hydroxyl groups excluding tert-OH is 1. The predicted molar refractivity (Wildman–Crippen MR) is 130 cm³/mol. The Morgan fingerprint density at radius 1 is 1.18 bits per heavy atom. The Balaban J connectivity index is 1.64. The Morgan fingerprint density at radius 3 is 2.68 bits per heavy atom.